The SMILES string of the molecule is CC(C(=O)N1CCCC1)N1CCN(C(=O)C2CCCNC2)CC1. The lowest BCUT2D eigenvalue weighted by Gasteiger charge is -2.40. The maximum atomic E-state index is 12.6. The molecule has 0 aliphatic carbocycles. The van der Waals surface area contributed by atoms with E-state index in [2.05, 4.69) is 10.2 Å². The molecule has 3 heterocycles. The highest BCUT2D eigenvalue weighted by molar-refractivity contribution is 5.82. The van der Waals surface area contributed by atoms with E-state index in [4.69, 9.17) is 0 Å². The van der Waals surface area contributed by atoms with Crippen LogP contribution in [0.15, 0.2) is 0 Å². The lowest BCUT2D eigenvalue weighted by atomic mass is 9.98. The van der Waals surface area contributed by atoms with Gasteiger partial charge in [0.15, 0.2) is 0 Å². The molecule has 3 saturated heterocycles. The predicted molar refractivity (Wildman–Crippen MR) is 89.0 cm³/mol. The Kier molecular flexibility index (Phi) is 5.54. The molecule has 3 aliphatic heterocycles. The summed E-state index contributed by atoms with van der Waals surface area (Å²) in [5.74, 6) is 0.716. The van der Waals surface area contributed by atoms with Crippen LogP contribution in [0.3, 0.4) is 0 Å². The van der Waals surface area contributed by atoms with Crippen molar-refractivity contribution in [1.82, 2.24) is 20.0 Å². The Morgan fingerprint density at radius 2 is 1.65 bits per heavy atom. The van der Waals surface area contributed by atoms with E-state index in [0.29, 0.717) is 5.91 Å². The summed E-state index contributed by atoms with van der Waals surface area (Å²) < 4.78 is 0. The molecule has 3 rings (SSSR count). The summed E-state index contributed by atoms with van der Waals surface area (Å²) in [4.78, 5) is 31.3. The number of nitrogens with zero attached hydrogens (tertiary/aromatic N) is 3. The van der Waals surface area contributed by atoms with Crippen LogP contribution in [0.1, 0.15) is 32.6 Å². The van der Waals surface area contributed by atoms with E-state index in [9.17, 15) is 9.59 Å². The van der Waals surface area contributed by atoms with E-state index in [1.54, 1.807) is 0 Å². The first kappa shape index (κ1) is 16.7. The van der Waals surface area contributed by atoms with Crippen molar-refractivity contribution in [2.45, 2.75) is 38.6 Å². The fourth-order valence-corrected chi connectivity index (χ4v) is 4.01. The first-order valence-electron chi connectivity index (χ1n) is 9.19. The number of carbonyl (C=O) groups is 2. The largest absolute Gasteiger partial charge is 0.341 e. The Bertz CT molecular complexity index is 422. The van der Waals surface area contributed by atoms with Crippen LogP contribution in [0.5, 0.6) is 0 Å². The zero-order chi connectivity index (χ0) is 16.2. The standard InChI is InChI=1S/C17H30N4O2/c1-14(16(22)20-7-2-3-8-20)19-9-11-21(12-10-19)17(23)15-5-4-6-18-13-15/h14-15,18H,2-13H2,1H3. The van der Waals surface area contributed by atoms with Crippen LogP contribution in [0.4, 0.5) is 0 Å². The average Bonchev–Trinajstić information content (AvgIpc) is 3.15. The number of carbonyl (C=O) groups excluding carboxylic acids is 2. The van der Waals surface area contributed by atoms with Crippen LogP contribution in [-0.4, -0.2) is 84.9 Å². The number of rotatable bonds is 3. The fraction of sp³-hybridized carbons (Fsp3) is 0.882. The Labute approximate surface area is 139 Å². The van der Waals surface area contributed by atoms with Gasteiger partial charge in [-0.2, -0.15) is 0 Å². The first-order chi connectivity index (χ1) is 11.2. The van der Waals surface area contributed by atoms with Crippen molar-refractivity contribution in [2.24, 2.45) is 5.92 Å². The van der Waals surface area contributed by atoms with Gasteiger partial charge < -0.3 is 15.1 Å². The molecule has 0 saturated carbocycles. The van der Waals surface area contributed by atoms with Crippen molar-refractivity contribution in [2.75, 3.05) is 52.4 Å². The second-order valence-corrected chi connectivity index (χ2v) is 7.11. The zero-order valence-electron chi connectivity index (χ0n) is 14.3. The van der Waals surface area contributed by atoms with Gasteiger partial charge in [0.25, 0.3) is 0 Å². The van der Waals surface area contributed by atoms with Crippen LogP contribution < -0.4 is 5.32 Å². The van der Waals surface area contributed by atoms with Gasteiger partial charge in [0.05, 0.1) is 12.0 Å². The monoisotopic (exact) mass is 322 g/mol. The molecular formula is C17H30N4O2. The van der Waals surface area contributed by atoms with Gasteiger partial charge in [-0.1, -0.05) is 0 Å². The Hall–Kier alpha value is -1.14. The van der Waals surface area contributed by atoms with E-state index < -0.39 is 0 Å². The smallest absolute Gasteiger partial charge is 0.239 e. The molecular weight excluding hydrogens is 292 g/mol. The summed E-state index contributed by atoms with van der Waals surface area (Å²) in [6.45, 7) is 8.84. The molecule has 130 valence electrons. The topological polar surface area (TPSA) is 55.9 Å². The minimum absolute atomic E-state index is 0.0540. The van der Waals surface area contributed by atoms with E-state index in [1.807, 2.05) is 16.7 Å². The summed E-state index contributed by atoms with van der Waals surface area (Å²) in [6, 6.07) is -0.0540. The van der Waals surface area contributed by atoms with Crippen LogP contribution in [-0.2, 0) is 9.59 Å². The number of piperidine rings is 1. The van der Waals surface area contributed by atoms with Crippen molar-refractivity contribution in [3.05, 3.63) is 0 Å². The normalized spacial score (nSPS) is 28.0. The first-order valence-corrected chi connectivity index (χ1v) is 9.19. The number of piperazine rings is 1. The summed E-state index contributed by atoms with van der Waals surface area (Å²) >= 11 is 0. The van der Waals surface area contributed by atoms with Crippen molar-refractivity contribution in [1.29, 1.82) is 0 Å². The highest BCUT2D eigenvalue weighted by Gasteiger charge is 2.32. The van der Waals surface area contributed by atoms with Crippen molar-refractivity contribution in [3.63, 3.8) is 0 Å². The molecule has 2 unspecified atom stereocenters. The van der Waals surface area contributed by atoms with Gasteiger partial charge >= 0.3 is 0 Å². The second-order valence-electron chi connectivity index (χ2n) is 7.11. The lowest BCUT2D eigenvalue weighted by Crippen LogP contribution is -2.56. The highest BCUT2D eigenvalue weighted by Crippen LogP contribution is 2.17. The molecule has 23 heavy (non-hydrogen) atoms. The quantitative estimate of drug-likeness (QED) is 0.803. The summed E-state index contributed by atoms with van der Waals surface area (Å²) in [5.41, 5.74) is 0. The zero-order valence-corrected chi connectivity index (χ0v) is 14.3. The van der Waals surface area contributed by atoms with E-state index in [1.165, 1.54) is 0 Å². The average molecular weight is 322 g/mol. The lowest BCUT2D eigenvalue weighted by molar-refractivity contribution is -0.140. The molecule has 0 radical (unpaired) electrons. The second kappa shape index (κ2) is 7.62. The summed E-state index contributed by atoms with van der Waals surface area (Å²) in [7, 11) is 0. The van der Waals surface area contributed by atoms with Gasteiger partial charge in [0, 0.05) is 45.8 Å². The third-order valence-corrected chi connectivity index (χ3v) is 5.59. The van der Waals surface area contributed by atoms with Crippen LogP contribution in [0, 0.1) is 5.92 Å². The fourth-order valence-electron chi connectivity index (χ4n) is 4.01. The number of likely N-dealkylation sites (tertiary alicyclic amines) is 1. The Balaban J connectivity index is 1.47. The maximum Gasteiger partial charge on any atom is 0.239 e. The van der Waals surface area contributed by atoms with Crippen LogP contribution in [0.25, 0.3) is 0 Å². The number of amides is 2. The molecule has 3 aliphatic rings. The van der Waals surface area contributed by atoms with Gasteiger partial charge in [-0.15, -0.1) is 0 Å². The van der Waals surface area contributed by atoms with Crippen molar-refractivity contribution in [3.8, 4) is 0 Å². The number of hydrogen-bond donors (Lipinski definition) is 1. The van der Waals surface area contributed by atoms with Gasteiger partial charge in [-0.3, -0.25) is 14.5 Å². The molecule has 1 N–H and O–H groups in total. The van der Waals surface area contributed by atoms with Crippen molar-refractivity contribution < 1.29 is 9.59 Å². The third-order valence-electron chi connectivity index (χ3n) is 5.59. The molecule has 0 spiro atoms. The molecule has 6 nitrogen and oxygen atoms in total. The number of nitrogens with one attached hydrogen (secondary N) is 1. The molecule has 0 aromatic carbocycles. The summed E-state index contributed by atoms with van der Waals surface area (Å²) in [5, 5.41) is 3.32. The Morgan fingerprint density at radius 3 is 2.26 bits per heavy atom. The minimum Gasteiger partial charge on any atom is -0.341 e. The van der Waals surface area contributed by atoms with Crippen molar-refractivity contribution >= 4 is 11.8 Å². The highest BCUT2D eigenvalue weighted by atomic mass is 16.2. The maximum absolute atomic E-state index is 12.6. The van der Waals surface area contributed by atoms with Crippen LogP contribution >= 0.6 is 0 Å². The van der Waals surface area contributed by atoms with E-state index >= 15 is 0 Å². The van der Waals surface area contributed by atoms with Gasteiger partial charge in [-0.25, -0.2) is 0 Å². The van der Waals surface area contributed by atoms with Gasteiger partial charge in [-0.05, 0) is 39.2 Å². The summed E-state index contributed by atoms with van der Waals surface area (Å²) in [6.07, 6.45) is 4.37. The number of hydrogen-bond acceptors (Lipinski definition) is 4. The molecule has 0 aromatic rings. The van der Waals surface area contributed by atoms with Gasteiger partial charge in [0.2, 0.25) is 11.8 Å². The molecule has 2 atom stereocenters. The predicted octanol–water partition coefficient (Wildman–Crippen LogP) is 0.141. The van der Waals surface area contributed by atoms with Crippen LogP contribution in [0.2, 0.25) is 0 Å². The van der Waals surface area contributed by atoms with E-state index in [-0.39, 0.29) is 17.9 Å². The van der Waals surface area contributed by atoms with E-state index in [0.717, 1.165) is 78.0 Å². The molecule has 0 bridgehead atoms. The van der Waals surface area contributed by atoms with Gasteiger partial charge in [0.1, 0.15) is 0 Å². The third kappa shape index (κ3) is 3.86. The Morgan fingerprint density at radius 1 is 0.957 bits per heavy atom. The molecule has 6 heteroatoms. The molecule has 2 amide bonds. The molecule has 3 fully saturated rings. The molecule has 0 aromatic heterocycles. The minimum atomic E-state index is -0.0540.